The van der Waals surface area contributed by atoms with Crippen LogP contribution in [0.4, 0.5) is 0 Å². The van der Waals surface area contributed by atoms with E-state index in [4.69, 9.17) is 4.74 Å². The fourth-order valence-corrected chi connectivity index (χ4v) is 4.47. The third-order valence-electron chi connectivity index (χ3n) is 5.03. The third kappa shape index (κ3) is 7.62. The molecule has 0 saturated carbocycles. The quantitative estimate of drug-likeness (QED) is 0.222. The fraction of sp³-hybridized carbons (Fsp3) is 0.333. The summed E-state index contributed by atoms with van der Waals surface area (Å²) in [4.78, 5) is 1.40. The molecule has 0 N–H and O–H groups in total. The van der Waals surface area contributed by atoms with Gasteiger partial charge in [0.2, 0.25) is 0 Å². The number of thioether (sulfide) groups is 1. The molecule has 0 atom stereocenters. The second-order valence-corrected chi connectivity index (χ2v) is 8.67. The van der Waals surface area contributed by atoms with Crippen LogP contribution in [0, 0.1) is 6.92 Å². The molecular formula is C27H32OS. The minimum atomic E-state index is 0.799. The van der Waals surface area contributed by atoms with Crippen molar-refractivity contribution in [1.29, 1.82) is 0 Å². The van der Waals surface area contributed by atoms with E-state index in [0.29, 0.717) is 0 Å². The van der Waals surface area contributed by atoms with E-state index in [1.807, 2.05) is 17.8 Å². The van der Waals surface area contributed by atoms with Crippen LogP contribution >= 0.6 is 11.8 Å². The predicted octanol–water partition coefficient (Wildman–Crippen LogP) is 8.17. The van der Waals surface area contributed by atoms with Gasteiger partial charge in [0.15, 0.2) is 0 Å². The Bertz CT molecular complexity index is 844. The number of benzene rings is 3. The summed E-state index contributed by atoms with van der Waals surface area (Å²) in [5, 5.41) is 0. The van der Waals surface area contributed by atoms with Gasteiger partial charge in [0, 0.05) is 10.5 Å². The summed E-state index contributed by atoms with van der Waals surface area (Å²) in [6.07, 6.45) is 7.64. The first-order valence-electron chi connectivity index (χ1n) is 10.8. The van der Waals surface area contributed by atoms with E-state index >= 15 is 0 Å². The summed E-state index contributed by atoms with van der Waals surface area (Å²) in [7, 11) is 0. The van der Waals surface area contributed by atoms with E-state index in [1.165, 1.54) is 59.4 Å². The highest BCUT2D eigenvalue weighted by Gasteiger charge is 2.05. The van der Waals surface area contributed by atoms with Crippen molar-refractivity contribution in [1.82, 2.24) is 0 Å². The molecular weight excluding hydrogens is 372 g/mol. The van der Waals surface area contributed by atoms with Gasteiger partial charge in [-0.1, -0.05) is 91.9 Å². The minimum absolute atomic E-state index is 0.799. The van der Waals surface area contributed by atoms with Crippen LogP contribution in [0.3, 0.4) is 0 Å². The van der Waals surface area contributed by atoms with Gasteiger partial charge in [0.1, 0.15) is 5.75 Å². The topological polar surface area (TPSA) is 9.23 Å². The summed E-state index contributed by atoms with van der Waals surface area (Å²) in [6, 6.07) is 27.6. The molecule has 0 aromatic heterocycles. The molecule has 0 bridgehead atoms. The lowest BCUT2D eigenvalue weighted by Gasteiger charge is -2.11. The Hall–Kier alpha value is -2.19. The lowest BCUT2D eigenvalue weighted by atomic mass is 10.0. The lowest BCUT2D eigenvalue weighted by Crippen LogP contribution is -1.98. The molecule has 0 aliphatic carbocycles. The van der Waals surface area contributed by atoms with E-state index < -0.39 is 0 Å². The zero-order valence-corrected chi connectivity index (χ0v) is 18.3. The van der Waals surface area contributed by atoms with Crippen LogP contribution in [0.2, 0.25) is 0 Å². The number of hydrogen-bond acceptors (Lipinski definition) is 2. The Morgan fingerprint density at radius 1 is 0.690 bits per heavy atom. The molecule has 3 aromatic rings. The molecule has 0 aliphatic rings. The number of ether oxygens (including phenoxy) is 1. The van der Waals surface area contributed by atoms with Crippen molar-refractivity contribution in [3.8, 4) is 16.9 Å². The molecule has 0 unspecified atom stereocenters. The van der Waals surface area contributed by atoms with Crippen molar-refractivity contribution in [2.45, 2.75) is 50.3 Å². The van der Waals surface area contributed by atoms with Gasteiger partial charge in [-0.3, -0.25) is 0 Å². The summed E-state index contributed by atoms with van der Waals surface area (Å²) in [5.41, 5.74) is 3.74. The molecule has 0 saturated heterocycles. The molecule has 29 heavy (non-hydrogen) atoms. The van der Waals surface area contributed by atoms with E-state index in [0.717, 1.165) is 18.8 Å². The summed E-state index contributed by atoms with van der Waals surface area (Å²) >= 11 is 1.98. The molecule has 0 aliphatic heterocycles. The normalized spacial score (nSPS) is 10.8. The van der Waals surface area contributed by atoms with Gasteiger partial charge in [-0.25, -0.2) is 0 Å². The molecule has 3 rings (SSSR count). The van der Waals surface area contributed by atoms with E-state index in [9.17, 15) is 0 Å². The largest absolute Gasteiger partial charge is 0.493 e. The van der Waals surface area contributed by atoms with Crippen molar-refractivity contribution in [2.24, 2.45) is 0 Å². The highest BCUT2D eigenvalue weighted by Crippen LogP contribution is 2.29. The average molecular weight is 405 g/mol. The number of para-hydroxylation sites is 1. The Morgan fingerprint density at radius 3 is 2.24 bits per heavy atom. The van der Waals surface area contributed by atoms with Gasteiger partial charge < -0.3 is 4.74 Å². The molecule has 0 amide bonds. The van der Waals surface area contributed by atoms with Gasteiger partial charge in [-0.05, 0) is 49.3 Å². The minimum Gasteiger partial charge on any atom is -0.493 e. The van der Waals surface area contributed by atoms with E-state index in [2.05, 4.69) is 79.7 Å². The maximum absolute atomic E-state index is 6.09. The molecule has 1 nitrogen and oxygen atoms in total. The maximum atomic E-state index is 6.09. The van der Waals surface area contributed by atoms with Crippen molar-refractivity contribution in [3.05, 3.63) is 84.4 Å². The molecule has 152 valence electrons. The Kier molecular flexibility index (Phi) is 9.19. The third-order valence-corrected chi connectivity index (χ3v) is 6.11. The van der Waals surface area contributed by atoms with Crippen LogP contribution in [-0.4, -0.2) is 12.4 Å². The maximum Gasteiger partial charge on any atom is 0.127 e. The van der Waals surface area contributed by atoms with Crippen LogP contribution in [0.25, 0.3) is 11.1 Å². The van der Waals surface area contributed by atoms with Crippen LogP contribution < -0.4 is 4.74 Å². The van der Waals surface area contributed by atoms with Crippen LogP contribution in [-0.2, 0) is 0 Å². The van der Waals surface area contributed by atoms with E-state index in [-0.39, 0.29) is 0 Å². The van der Waals surface area contributed by atoms with Crippen LogP contribution in [0.15, 0.2) is 83.8 Å². The molecule has 0 radical (unpaired) electrons. The Labute approximate surface area is 180 Å². The Balaban J connectivity index is 1.26. The van der Waals surface area contributed by atoms with Crippen LogP contribution in [0.5, 0.6) is 5.75 Å². The first-order chi connectivity index (χ1) is 14.3. The fourth-order valence-electron chi connectivity index (χ4n) is 3.44. The van der Waals surface area contributed by atoms with Crippen molar-refractivity contribution < 1.29 is 4.74 Å². The number of aryl methyl sites for hydroxylation is 1. The number of hydrogen-bond donors (Lipinski definition) is 0. The molecule has 3 aromatic carbocycles. The molecule has 0 fully saturated rings. The first-order valence-corrected chi connectivity index (χ1v) is 11.8. The van der Waals surface area contributed by atoms with Gasteiger partial charge in [-0.2, -0.15) is 0 Å². The van der Waals surface area contributed by atoms with Gasteiger partial charge in [-0.15, -0.1) is 11.8 Å². The lowest BCUT2D eigenvalue weighted by molar-refractivity contribution is 0.305. The van der Waals surface area contributed by atoms with Crippen molar-refractivity contribution in [2.75, 3.05) is 12.4 Å². The summed E-state index contributed by atoms with van der Waals surface area (Å²) in [6.45, 7) is 2.96. The zero-order chi connectivity index (χ0) is 20.2. The van der Waals surface area contributed by atoms with E-state index in [1.54, 1.807) is 0 Å². The highest BCUT2D eigenvalue weighted by atomic mass is 32.2. The predicted molar refractivity (Wildman–Crippen MR) is 127 cm³/mol. The standard InChI is InChI=1S/C27H32OS/c1-23-14-13-17-25(22-23)29-21-12-5-3-2-4-11-20-28-27-19-10-9-18-26(27)24-15-7-6-8-16-24/h6-10,13-19,22H,2-5,11-12,20-21H2,1H3. The SMILES string of the molecule is Cc1cccc(SCCCCCCCCOc2ccccc2-c2ccccc2)c1. The zero-order valence-electron chi connectivity index (χ0n) is 17.5. The molecule has 0 spiro atoms. The second-order valence-electron chi connectivity index (χ2n) is 7.50. The highest BCUT2D eigenvalue weighted by molar-refractivity contribution is 7.99. The van der Waals surface area contributed by atoms with Crippen LogP contribution in [0.1, 0.15) is 44.1 Å². The molecule has 0 heterocycles. The smallest absolute Gasteiger partial charge is 0.127 e. The van der Waals surface area contributed by atoms with Crippen molar-refractivity contribution >= 4 is 11.8 Å². The van der Waals surface area contributed by atoms with Crippen molar-refractivity contribution in [3.63, 3.8) is 0 Å². The van der Waals surface area contributed by atoms with Gasteiger partial charge in [0.05, 0.1) is 6.61 Å². The Morgan fingerprint density at radius 2 is 1.41 bits per heavy atom. The monoisotopic (exact) mass is 404 g/mol. The van der Waals surface area contributed by atoms with Gasteiger partial charge in [0.25, 0.3) is 0 Å². The first kappa shape index (κ1) is 21.5. The van der Waals surface area contributed by atoms with Gasteiger partial charge >= 0.3 is 0 Å². The summed E-state index contributed by atoms with van der Waals surface area (Å²) < 4.78 is 6.09. The average Bonchev–Trinajstić information content (AvgIpc) is 2.76. The number of rotatable bonds is 12. The summed E-state index contributed by atoms with van der Waals surface area (Å²) in [5.74, 6) is 2.22. The second kappa shape index (κ2) is 12.4. The number of unbranched alkanes of at least 4 members (excludes halogenated alkanes) is 5. The molecule has 2 heteroatoms.